The lowest BCUT2D eigenvalue weighted by atomic mass is 10.0. The second-order valence-corrected chi connectivity index (χ2v) is 5.34. The van der Waals surface area contributed by atoms with Gasteiger partial charge in [-0.1, -0.05) is 0 Å². The van der Waals surface area contributed by atoms with E-state index in [4.69, 9.17) is 10.5 Å². The van der Waals surface area contributed by atoms with Crippen LogP contribution >= 0.6 is 0 Å². The minimum Gasteiger partial charge on any atom is -0.398 e. The summed E-state index contributed by atoms with van der Waals surface area (Å²) in [5, 5.41) is 0. The molecule has 5 heteroatoms. The van der Waals surface area contributed by atoms with Gasteiger partial charge in [-0.15, -0.1) is 0 Å². The van der Waals surface area contributed by atoms with Crippen LogP contribution in [0, 0.1) is 0 Å². The molecule has 5 nitrogen and oxygen atoms in total. The summed E-state index contributed by atoms with van der Waals surface area (Å²) in [4.78, 5) is 18.1. The first-order chi connectivity index (χ1) is 8.39. The molecule has 0 radical (unpaired) electrons. The molecule has 1 fully saturated rings. The Morgan fingerprint density at radius 1 is 1.61 bits per heavy atom. The van der Waals surface area contributed by atoms with Crippen molar-refractivity contribution in [3.63, 3.8) is 0 Å². The Hall–Kier alpha value is -1.62. The molecule has 2 heterocycles. The van der Waals surface area contributed by atoms with Crippen LogP contribution in [0.5, 0.6) is 0 Å². The Bertz CT molecular complexity index is 459. The monoisotopic (exact) mass is 249 g/mol. The molecule has 1 aliphatic heterocycles. The maximum atomic E-state index is 12.4. The molecule has 0 spiro atoms. The van der Waals surface area contributed by atoms with Crippen molar-refractivity contribution in [3.05, 3.63) is 24.0 Å². The van der Waals surface area contributed by atoms with E-state index in [-0.39, 0.29) is 17.6 Å². The maximum Gasteiger partial charge on any atom is 0.257 e. The fourth-order valence-corrected chi connectivity index (χ4v) is 2.36. The van der Waals surface area contributed by atoms with Crippen LogP contribution in [-0.2, 0) is 4.74 Å². The Kier molecular flexibility index (Phi) is 3.26. The number of nitrogen functional groups attached to an aromatic ring is 1. The average molecular weight is 249 g/mol. The maximum absolute atomic E-state index is 12.4. The van der Waals surface area contributed by atoms with Crippen molar-refractivity contribution in [2.45, 2.75) is 32.5 Å². The second-order valence-electron chi connectivity index (χ2n) is 5.34. The third kappa shape index (κ3) is 2.61. The molecule has 0 aliphatic carbocycles. The van der Waals surface area contributed by atoms with Gasteiger partial charge in [-0.25, -0.2) is 0 Å². The zero-order valence-electron chi connectivity index (χ0n) is 11.0. The van der Waals surface area contributed by atoms with Crippen LogP contribution in [-0.4, -0.2) is 40.6 Å². The topological polar surface area (TPSA) is 68.5 Å². The summed E-state index contributed by atoms with van der Waals surface area (Å²) in [6, 6.07) is 1.64. The average Bonchev–Trinajstić information content (AvgIpc) is 2.26. The van der Waals surface area contributed by atoms with Gasteiger partial charge in [0.2, 0.25) is 0 Å². The van der Waals surface area contributed by atoms with Crippen LogP contribution in [0.3, 0.4) is 0 Å². The molecular weight excluding hydrogens is 230 g/mol. The van der Waals surface area contributed by atoms with E-state index in [1.165, 1.54) is 6.20 Å². The zero-order valence-corrected chi connectivity index (χ0v) is 11.0. The van der Waals surface area contributed by atoms with Crippen molar-refractivity contribution in [1.29, 1.82) is 0 Å². The Balaban J connectivity index is 2.22. The molecule has 1 aromatic rings. The molecule has 0 unspecified atom stereocenters. The van der Waals surface area contributed by atoms with Crippen LogP contribution in [0.1, 0.15) is 31.1 Å². The van der Waals surface area contributed by atoms with E-state index >= 15 is 0 Å². The van der Waals surface area contributed by atoms with Crippen LogP contribution in [0.2, 0.25) is 0 Å². The number of pyridine rings is 1. The first kappa shape index (κ1) is 12.8. The highest BCUT2D eigenvalue weighted by molar-refractivity contribution is 5.98. The highest BCUT2D eigenvalue weighted by atomic mass is 16.5. The molecule has 1 aromatic heterocycles. The summed E-state index contributed by atoms with van der Waals surface area (Å²) in [5.74, 6) is -0.0798. The Labute approximate surface area is 107 Å². The number of rotatable bonds is 1. The number of amides is 1. The van der Waals surface area contributed by atoms with Gasteiger partial charge < -0.3 is 15.4 Å². The minimum absolute atomic E-state index is 0.0237. The number of hydrogen-bond donors (Lipinski definition) is 1. The molecule has 2 N–H and O–H groups in total. The fraction of sp³-hybridized carbons (Fsp3) is 0.538. The van der Waals surface area contributed by atoms with E-state index in [1.807, 2.05) is 20.8 Å². The van der Waals surface area contributed by atoms with E-state index in [0.29, 0.717) is 24.3 Å². The van der Waals surface area contributed by atoms with Crippen molar-refractivity contribution in [3.8, 4) is 0 Å². The van der Waals surface area contributed by atoms with Gasteiger partial charge in [0.15, 0.2) is 0 Å². The van der Waals surface area contributed by atoms with E-state index in [2.05, 4.69) is 4.98 Å². The molecule has 0 bridgehead atoms. The van der Waals surface area contributed by atoms with Crippen LogP contribution in [0.25, 0.3) is 0 Å². The Morgan fingerprint density at radius 3 is 2.94 bits per heavy atom. The van der Waals surface area contributed by atoms with Gasteiger partial charge in [-0.2, -0.15) is 0 Å². The normalized spacial score (nSPS) is 22.8. The molecule has 98 valence electrons. The standard InChI is InChI=1S/C13H19N3O2/c1-9-7-16(8-13(2,3)18-9)12(17)10-6-15-5-4-11(10)14/h4-6,9H,7-8H2,1-3H3,(H2,14,15)/t9-/m0/s1. The highest BCUT2D eigenvalue weighted by Crippen LogP contribution is 2.23. The molecule has 1 aliphatic rings. The number of hydrogen-bond acceptors (Lipinski definition) is 4. The van der Waals surface area contributed by atoms with Crippen molar-refractivity contribution in [2.75, 3.05) is 18.8 Å². The predicted molar refractivity (Wildman–Crippen MR) is 69.2 cm³/mol. The van der Waals surface area contributed by atoms with Gasteiger partial charge >= 0.3 is 0 Å². The van der Waals surface area contributed by atoms with Gasteiger partial charge in [0.25, 0.3) is 5.91 Å². The van der Waals surface area contributed by atoms with Crippen LogP contribution in [0.15, 0.2) is 18.5 Å². The predicted octanol–water partition coefficient (Wildman–Crippen LogP) is 1.30. The number of nitrogens with zero attached hydrogens (tertiary/aromatic N) is 2. The molecule has 1 atom stereocenters. The first-order valence-corrected chi connectivity index (χ1v) is 6.05. The third-order valence-corrected chi connectivity index (χ3v) is 2.94. The lowest BCUT2D eigenvalue weighted by molar-refractivity contribution is -0.118. The smallest absolute Gasteiger partial charge is 0.257 e. The van der Waals surface area contributed by atoms with E-state index in [9.17, 15) is 4.79 Å². The highest BCUT2D eigenvalue weighted by Gasteiger charge is 2.34. The van der Waals surface area contributed by atoms with Crippen molar-refractivity contribution in [1.82, 2.24) is 9.88 Å². The van der Waals surface area contributed by atoms with Crippen molar-refractivity contribution < 1.29 is 9.53 Å². The fourth-order valence-electron chi connectivity index (χ4n) is 2.36. The number of ether oxygens (including phenoxy) is 1. The van der Waals surface area contributed by atoms with Crippen LogP contribution < -0.4 is 5.73 Å². The van der Waals surface area contributed by atoms with E-state index in [1.54, 1.807) is 17.2 Å². The lowest BCUT2D eigenvalue weighted by Gasteiger charge is -2.41. The number of nitrogens with two attached hydrogens (primary N) is 1. The number of carbonyl (C=O) groups excluding carboxylic acids is 1. The van der Waals surface area contributed by atoms with Gasteiger partial charge in [-0.05, 0) is 26.8 Å². The van der Waals surface area contributed by atoms with Gasteiger partial charge in [0.05, 0.1) is 17.3 Å². The van der Waals surface area contributed by atoms with Gasteiger partial charge in [0.1, 0.15) is 0 Å². The van der Waals surface area contributed by atoms with E-state index < -0.39 is 0 Å². The van der Waals surface area contributed by atoms with Crippen molar-refractivity contribution >= 4 is 11.6 Å². The molecule has 1 saturated heterocycles. The number of anilines is 1. The largest absolute Gasteiger partial charge is 0.398 e. The summed E-state index contributed by atoms with van der Waals surface area (Å²) < 4.78 is 5.78. The summed E-state index contributed by atoms with van der Waals surface area (Å²) >= 11 is 0. The van der Waals surface area contributed by atoms with Crippen molar-refractivity contribution in [2.24, 2.45) is 0 Å². The molecule has 0 aromatic carbocycles. The molecule has 0 saturated carbocycles. The SMILES string of the molecule is C[C@H]1CN(C(=O)c2cnccc2N)CC(C)(C)O1. The summed E-state index contributed by atoms with van der Waals surface area (Å²) in [5.41, 5.74) is 6.41. The quantitative estimate of drug-likeness (QED) is 0.814. The zero-order chi connectivity index (χ0) is 13.3. The molecule has 1 amide bonds. The van der Waals surface area contributed by atoms with Crippen LogP contribution in [0.4, 0.5) is 5.69 Å². The summed E-state index contributed by atoms with van der Waals surface area (Å²) in [6.07, 6.45) is 3.12. The minimum atomic E-state index is -0.329. The van der Waals surface area contributed by atoms with E-state index in [0.717, 1.165) is 0 Å². The third-order valence-electron chi connectivity index (χ3n) is 2.94. The number of aromatic nitrogens is 1. The Morgan fingerprint density at radius 2 is 2.33 bits per heavy atom. The number of carbonyl (C=O) groups is 1. The summed E-state index contributed by atoms with van der Waals surface area (Å²) in [6.45, 7) is 7.07. The van der Waals surface area contributed by atoms with Gasteiger partial charge in [0, 0.05) is 31.2 Å². The first-order valence-electron chi connectivity index (χ1n) is 6.05. The number of morpholine rings is 1. The second kappa shape index (κ2) is 4.57. The molecule has 2 rings (SSSR count). The summed E-state index contributed by atoms with van der Waals surface area (Å²) in [7, 11) is 0. The molecular formula is C13H19N3O2. The van der Waals surface area contributed by atoms with Gasteiger partial charge in [-0.3, -0.25) is 9.78 Å². The lowest BCUT2D eigenvalue weighted by Crippen LogP contribution is -2.53. The molecule has 18 heavy (non-hydrogen) atoms.